The zero-order valence-corrected chi connectivity index (χ0v) is 17.6. The van der Waals surface area contributed by atoms with Crippen LogP contribution in [0.5, 0.6) is 5.75 Å². The lowest BCUT2D eigenvalue weighted by Gasteiger charge is -2.25. The van der Waals surface area contributed by atoms with E-state index in [0.717, 1.165) is 35.4 Å². The normalized spacial score (nSPS) is 18.2. The van der Waals surface area contributed by atoms with E-state index in [0.29, 0.717) is 29.6 Å². The number of halogens is 2. The van der Waals surface area contributed by atoms with Gasteiger partial charge in [0.15, 0.2) is 6.10 Å². The standard InChI is InChI=1S/C22H22Cl2N2O3/c1-28-17-4-2-3-14(9-17)12-26(22(27)15-5-6-15)13-18-11-21(25-29-18)16-7-8-19(23)20(24)10-16/h2-4,7-10,15,18H,5-6,11-13H2,1H3. The summed E-state index contributed by atoms with van der Waals surface area (Å²) in [6.07, 6.45) is 2.35. The molecule has 0 aromatic heterocycles. The molecule has 1 saturated carbocycles. The van der Waals surface area contributed by atoms with Gasteiger partial charge in [0.1, 0.15) is 5.75 Å². The van der Waals surface area contributed by atoms with Crippen LogP contribution in [0.1, 0.15) is 30.4 Å². The van der Waals surface area contributed by atoms with E-state index in [4.69, 9.17) is 32.8 Å². The molecule has 2 aromatic carbocycles. The fourth-order valence-corrected chi connectivity index (χ4v) is 3.73. The Morgan fingerprint density at radius 1 is 1.21 bits per heavy atom. The first-order valence-corrected chi connectivity index (χ1v) is 10.4. The third kappa shape index (κ3) is 4.85. The van der Waals surface area contributed by atoms with Crippen molar-refractivity contribution < 1.29 is 14.4 Å². The number of ether oxygens (including phenoxy) is 1. The molecule has 1 unspecified atom stereocenters. The summed E-state index contributed by atoms with van der Waals surface area (Å²) < 4.78 is 5.30. The Bertz CT molecular complexity index is 943. The molecule has 1 amide bonds. The molecular formula is C22H22Cl2N2O3. The summed E-state index contributed by atoms with van der Waals surface area (Å²) >= 11 is 12.1. The van der Waals surface area contributed by atoms with Crippen LogP contribution in [0.15, 0.2) is 47.6 Å². The van der Waals surface area contributed by atoms with Crippen LogP contribution in [0.25, 0.3) is 0 Å². The molecule has 2 aliphatic rings. The predicted octanol–water partition coefficient (Wildman–Crippen LogP) is 4.93. The maximum Gasteiger partial charge on any atom is 0.226 e. The molecule has 0 bridgehead atoms. The number of benzene rings is 2. The molecule has 1 heterocycles. The van der Waals surface area contributed by atoms with Gasteiger partial charge in [-0.25, -0.2) is 0 Å². The first-order valence-electron chi connectivity index (χ1n) is 9.63. The Labute approximate surface area is 180 Å². The van der Waals surface area contributed by atoms with Gasteiger partial charge in [0.25, 0.3) is 0 Å². The van der Waals surface area contributed by atoms with Crippen molar-refractivity contribution in [3.63, 3.8) is 0 Å². The van der Waals surface area contributed by atoms with Crippen LogP contribution >= 0.6 is 23.2 Å². The first kappa shape index (κ1) is 20.0. The summed E-state index contributed by atoms with van der Waals surface area (Å²) in [6.45, 7) is 1.01. The van der Waals surface area contributed by atoms with Gasteiger partial charge in [-0.15, -0.1) is 0 Å². The summed E-state index contributed by atoms with van der Waals surface area (Å²) in [5.41, 5.74) is 2.73. The number of nitrogens with zero attached hydrogens (tertiary/aromatic N) is 2. The van der Waals surface area contributed by atoms with Crippen LogP contribution in [-0.2, 0) is 16.2 Å². The largest absolute Gasteiger partial charge is 0.497 e. The highest BCUT2D eigenvalue weighted by Gasteiger charge is 2.35. The molecule has 0 radical (unpaired) electrons. The molecule has 5 nitrogen and oxygen atoms in total. The molecule has 0 saturated heterocycles. The quantitative estimate of drug-likeness (QED) is 0.622. The smallest absolute Gasteiger partial charge is 0.226 e. The Kier molecular flexibility index (Phi) is 5.97. The third-order valence-corrected chi connectivity index (χ3v) is 5.89. The van der Waals surface area contributed by atoms with Gasteiger partial charge in [-0.3, -0.25) is 4.79 Å². The zero-order valence-electron chi connectivity index (χ0n) is 16.1. The summed E-state index contributed by atoms with van der Waals surface area (Å²) in [5.74, 6) is 1.10. The van der Waals surface area contributed by atoms with Gasteiger partial charge in [0, 0.05) is 24.4 Å². The van der Waals surface area contributed by atoms with Crippen molar-refractivity contribution in [1.29, 1.82) is 0 Å². The molecule has 0 spiro atoms. The number of hydrogen-bond donors (Lipinski definition) is 0. The predicted molar refractivity (Wildman–Crippen MR) is 114 cm³/mol. The SMILES string of the molecule is COc1cccc(CN(CC2CC(c3ccc(Cl)c(Cl)c3)=NO2)C(=O)C2CC2)c1. The van der Waals surface area contributed by atoms with Gasteiger partial charge in [0.2, 0.25) is 5.91 Å². The third-order valence-electron chi connectivity index (χ3n) is 5.16. The lowest BCUT2D eigenvalue weighted by Crippen LogP contribution is -2.38. The fourth-order valence-electron chi connectivity index (χ4n) is 3.43. The van der Waals surface area contributed by atoms with Crippen molar-refractivity contribution >= 4 is 34.8 Å². The molecule has 2 aromatic rings. The highest BCUT2D eigenvalue weighted by atomic mass is 35.5. The molecule has 4 rings (SSSR count). The number of oxime groups is 1. The zero-order chi connectivity index (χ0) is 20.4. The van der Waals surface area contributed by atoms with Crippen molar-refractivity contribution in [3.05, 3.63) is 63.6 Å². The van der Waals surface area contributed by atoms with Gasteiger partial charge in [-0.2, -0.15) is 0 Å². The average Bonchev–Trinajstić information content (AvgIpc) is 3.48. The van der Waals surface area contributed by atoms with E-state index in [-0.39, 0.29) is 17.9 Å². The van der Waals surface area contributed by atoms with Crippen molar-refractivity contribution in [3.8, 4) is 5.75 Å². The number of amides is 1. The molecule has 7 heteroatoms. The lowest BCUT2D eigenvalue weighted by atomic mass is 10.0. The average molecular weight is 433 g/mol. The van der Waals surface area contributed by atoms with Crippen molar-refractivity contribution in [2.45, 2.75) is 31.9 Å². The van der Waals surface area contributed by atoms with Gasteiger partial charge < -0.3 is 14.5 Å². The maximum atomic E-state index is 12.9. The van der Waals surface area contributed by atoms with Crippen molar-refractivity contribution in [2.75, 3.05) is 13.7 Å². The monoisotopic (exact) mass is 432 g/mol. The lowest BCUT2D eigenvalue weighted by molar-refractivity contribution is -0.135. The second kappa shape index (κ2) is 8.64. The van der Waals surface area contributed by atoms with Crippen molar-refractivity contribution in [1.82, 2.24) is 4.90 Å². The molecular weight excluding hydrogens is 411 g/mol. The first-order chi connectivity index (χ1) is 14.0. The van der Waals surface area contributed by atoms with Crippen LogP contribution in [0.3, 0.4) is 0 Å². The van der Waals surface area contributed by atoms with Crippen LogP contribution in [0.4, 0.5) is 0 Å². The molecule has 1 aliphatic carbocycles. The molecule has 1 fully saturated rings. The van der Waals surface area contributed by atoms with E-state index in [1.165, 1.54) is 0 Å². The minimum atomic E-state index is -0.187. The second-order valence-corrected chi connectivity index (χ2v) is 8.26. The number of rotatable bonds is 7. The van der Waals surface area contributed by atoms with E-state index < -0.39 is 0 Å². The Hall–Kier alpha value is -2.24. The van der Waals surface area contributed by atoms with E-state index in [1.54, 1.807) is 19.2 Å². The number of hydrogen-bond acceptors (Lipinski definition) is 4. The number of carbonyl (C=O) groups excluding carboxylic acids is 1. The Morgan fingerprint density at radius 2 is 2.03 bits per heavy atom. The summed E-state index contributed by atoms with van der Waals surface area (Å²) in [5, 5.41) is 5.21. The Balaban J connectivity index is 1.44. The second-order valence-electron chi connectivity index (χ2n) is 7.44. The molecule has 1 atom stereocenters. The van der Waals surface area contributed by atoms with Crippen LogP contribution in [0, 0.1) is 5.92 Å². The van der Waals surface area contributed by atoms with Gasteiger partial charge in [0.05, 0.1) is 29.4 Å². The molecule has 0 N–H and O–H groups in total. The van der Waals surface area contributed by atoms with Crippen molar-refractivity contribution in [2.24, 2.45) is 11.1 Å². The van der Waals surface area contributed by atoms with Crippen LogP contribution in [0.2, 0.25) is 10.0 Å². The molecule has 152 valence electrons. The van der Waals surface area contributed by atoms with E-state index in [2.05, 4.69) is 5.16 Å². The topological polar surface area (TPSA) is 51.1 Å². The number of carbonyl (C=O) groups is 1. The van der Waals surface area contributed by atoms with E-state index in [9.17, 15) is 4.79 Å². The summed E-state index contributed by atoms with van der Waals surface area (Å²) in [6, 6.07) is 13.2. The summed E-state index contributed by atoms with van der Waals surface area (Å²) in [7, 11) is 1.64. The number of methoxy groups -OCH3 is 1. The minimum Gasteiger partial charge on any atom is -0.497 e. The molecule has 1 aliphatic heterocycles. The van der Waals surface area contributed by atoms with E-state index >= 15 is 0 Å². The Morgan fingerprint density at radius 3 is 2.76 bits per heavy atom. The highest BCUT2D eigenvalue weighted by molar-refractivity contribution is 6.42. The van der Waals surface area contributed by atoms with Gasteiger partial charge in [-0.05, 0) is 42.7 Å². The summed E-state index contributed by atoms with van der Waals surface area (Å²) in [4.78, 5) is 20.4. The van der Waals surface area contributed by atoms with Gasteiger partial charge in [-0.1, -0.05) is 46.6 Å². The van der Waals surface area contributed by atoms with Gasteiger partial charge >= 0.3 is 0 Å². The van der Waals surface area contributed by atoms with Crippen LogP contribution in [-0.4, -0.2) is 36.3 Å². The highest BCUT2D eigenvalue weighted by Crippen LogP contribution is 2.32. The molecule has 29 heavy (non-hydrogen) atoms. The fraction of sp³-hybridized carbons (Fsp3) is 0.364. The van der Waals surface area contributed by atoms with E-state index in [1.807, 2.05) is 35.2 Å². The maximum absolute atomic E-state index is 12.9. The minimum absolute atomic E-state index is 0.137. The van der Waals surface area contributed by atoms with Crippen LogP contribution < -0.4 is 4.74 Å².